The molecule has 170 valence electrons. The molecule has 4 nitrogen and oxygen atoms in total. The minimum absolute atomic E-state index is 0.0527. The number of hydrogen-bond donors (Lipinski definition) is 0. The van der Waals surface area contributed by atoms with Crippen molar-refractivity contribution in [1.82, 2.24) is 4.90 Å². The lowest BCUT2D eigenvalue weighted by Gasteiger charge is -2.47. The molecule has 32 heavy (non-hydrogen) atoms. The summed E-state index contributed by atoms with van der Waals surface area (Å²) in [6, 6.07) is 14.2. The van der Waals surface area contributed by atoms with Crippen molar-refractivity contribution in [2.75, 3.05) is 6.61 Å². The Kier molecular flexibility index (Phi) is 8.38. The molecule has 1 fully saturated rings. The van der Waals surface area contributed by atoms with E-state index in [2.05, 4.69) is 6.58 Å². The van der Waals surface area contributed by atoms with Gasteiger partial charge in [0.05, 0.1) is 12.6 Å². The van der Waals surface area contributed by atoms with Gasteiger partial charge in [-0.1, -0.05) is 60.5 Å². The number of carbonyl (C=O) groups is 2. The number of hydrogen-bond acceptors (Lipinski definition) is 3. The molecule has 1 amide bonds. The van der Waals surface area contributed by atoms with Gasteiger partial charge >= 0.3 is 5.97 Å². The van der Waals surface area contributed by atoms with E-state index in [0.717, 1.165) is 11.1 Å². The van der Waals surface area contributed by atoms with Crippen molar-refractivity contribution in [1.29, 1.82) is 0 Å². The van der Waals surface area contributed by atoms with Crippen LogP contribution in [-0.2, 0) is 14.3 Å². The van der Waals surface area contributed by atoms with Crippen LogP contribution in [0, 0.1) is 5.92 Å². The zero-order valence-electron chi connectivity index (χ0n) is 18.5. The van der Waals surface area contributed by atoms with Gasteiger partial charge in [0.25, 0.3) is 0 Å². The molecule has 4 atom stereocenters. The standard InChI is InChI=1S/C26H29Cl2NO3/c1-4-8-19-16-22(18-9-7-10-21(28)15-18)24(17-11-13-20(27)14-12-17)29(25(19)30)23(5-2)26(31)32-6-3/h4,7,9-15,19,22-24H,1,5-6,8,16H2,2-3H3/t19-,22?,23+,24?/m1/s1. The molecule has 0 radical (unpaired) electrons. The maximum absolute atomic E-state index is 13.7. The Bertz CT molecular complexity index is 960. The fourth-order valence-electron chi connectivity index (χ4n) is 4.65. The highest BCUT2D eigenvalue weighted by Gasteiger charge is 2.47. The lowest BCUT2D eigenvalue weighted by atomic mass is 9.74. The summed E-state index contributed by atoms with van der Waals surface area (Å²) in [5.74, 6) is -0.765. The number of carbonyl (C=O) groups excluding carboxylic acids is 2. The molecule has 0 aromatic heterocycles. The number of benzene rings is 2. The predicted octanol–water partition coefficient (Wildman–Crippen LogP) is 6.58. The highest BCUT2D eigenvalue weighted by molar-refractivity contribution is 6.30. The molecule has 0 bridgehead atoms. The van der Waals surface area contributed by atoms with Crippen LogP contribution in [0.15, 0.2) is 61.2 Å². The second kappa shape index (κ2) is 11.0. The molecule has 1 aliphatic rings. The van der Waals surface area contributed by atoms with Gasteiger partial charge in [-0.2, -0.15) is 0 Å². The van der Waals surface area contributed by atoms with Crippen LogP contribution in [0.5, 0.6) is 0 Å². The number of likely N-dealkylation sites (tertiary alicyclic amines) is 1. The molecule has 1 aliphatic heterocycles. The topological polar surface area (TPSA) is 46.6 Å². The Hall–Kier alpha value is -2.30. The van der Waals surface area contributed by atoms with Crippen molar-refractivity contribution < 1.29 is 14.3 Å². The van der Waals surface area contributed by atoms with E-state index in [1.807, 2.05) is 55.5 Å². The van der Waals surface area contributed by atoms with Gasteiger partial charge in [0.15, 0.2) is 0 Å². The highest BCUT2D eigenvalue weighted by Crippen LogP contribution is 2.47. The molecular weight excluding hydrogens is 445 g/mol. The van der Waals surface area contributed by atoms with Crippen molar-refractivity contribution >= 4 is 35.1 Å². The van der Waals surface area contributed by atoms with Gasteiger partial charge < -0.3 is 9.64 Å². The number of nitrogens with zero attached hydrogens (tertiary/aromatic N) is 1. The number of allylic oxidation sites excluding steroid dienone is 1. The van der Waals surface area contributed by atoms with Gasteiger partial charge in [-0.05, 0) is 61.6 Å². The van der Waals surface area contributed by atoms with Gasteiger partial charge in [0, 0.05) is 21.9 Å². The Morgan fingerprint density at radius 2 is 1.88 bits per heavy atom. The van der Waals surface area contributed by atoms with Crippen molar-refractivity contribution in [3.05, 3.63) is 82.4 Å². The normalized spacial score (nSPS) is 21.8. The van der Waals surface area contributed by atoms with Crippen molar-refractivity contribution in [3.63, 3.8) is 0 Å². The molecule has 6 heteroatoms. The minimum atomic E-state index is -0.683. The van der Waals surface area contributed by atoms with Crippen LogP contribution in [-0.4, -0.2) is 29.4 Å². The van der Waals surface area contributed by atoms with Crippen molar-refractivity contribution in [2.45, 2.75) is 51.1 Å². The van der Waals surface area contributed by atoms with Crippen LogP contribution in [0.25, 0.3) is 0 Å². The Morgan fingerprint density at radius 3 is 2.47 bits per heavy atom. The smallest absolute Gasteiger partial charge is 0.328 e. The van der Waals surface area contributed by atoms with E-state index >= 15 is 0 Å². The van der Waals surface area contributed by atoms with E-state index in [9.17, 15) is 9.59 Å². The highest BCUT2D eigenvalue weighted by atomic mass is 35.5. The quantitative estimate of drug-likeness (QED) is 0.321. The molecule has 0 spiro atoms. The minimum Gasteiger partial charge on any atom is -0.464 e. The first-order valence-electron chi connectivity index (χ1n) is 11.0. The average Bonchev–Trinajstić information content (AvgIpc) is 2.77. The number of rotatable bonds is 8. The summed E-state index contributed by atoms with van der Waals surface area (Å²) in [5, 5.41) is 1.25. The molecule has 0 saturated carbocycles. The number of piperidine rings is 1. The largest absolute Gasteiger partial charge is 0.464 e. The Morgan fingerprint density at radius 1 is 1.16 bits per heavy atom. The maximum Gasteiger partial charge on any atom is 0.328 e. The van der Waals surface area contributed by atoms with Gasteiger partial charge in [-0.15, -0.1) is 6.58 Å². The second-order valence-corrected chi connectivity index (χ2v) is 8.91. The summed E-state index contributed by atoms with van der Waals surface area (Å²) < 4.78 is 5.36. The predicted molar refractivity (Wildman–Crippen MR) is 129 cm³/mol. The molecule has 3 rings (SSSR count). The second-order valence-electron chi connectivity index (χ2n) is 8.04. The zero-order chi connectivity index (χ0) is 23.3. The first-order valence-corrected chi connectivity index (χ1v) is 11.8. The summed E-state index contributed by atoms with van der Waals surface area (Å²) in [7, 11) is 0. The average molecular weight is 474 g/mol. The van der Waals surface area contributed by atoms with Crippen LogP contribution < -0.4 is 0 Å². The Labute approximate surface area is 200 Å². The summed E-state index contributed by atoms with van der Waals surface area (Å²) >= 11 is 12.5. The Balaban J connectivity index is 2.19. The number of ether oxygens (including phenoxy) is 1. The van der Waals surface area contributed by atoms with E-state index in [-0.39, 0.29) is 36.4 Å². The van der Waals surface area contributed by atoms with Crippen LogP contribution in [0.1, 0.15) is 56.2 Å². The summed E-state index contributed by atoms with van der Waals surface area (Å²) in [4.78, 5) is 28.4. The summed E-state index contributed by atoms with van der Waals surface area (Å²) in [5.41, 5.74) is 1.95. The molecule has 0 aliphatic carbocycles. The van der Waals surface area contributed by atoms with Crippen LogP contribution >= 0.6 is 23.2 Å². The van der Waals surface area contributed by atoms with Crippen LogP contribution in [0.2, 0.25) is 10.0 Å². The van der Waals surface area contributed by atoms with Crippen molar-refractivity contribution in [2.24, 2.45) is 5.92 Å². The third-order valence-electron chi connectivity index (χ3n) is 6.04. The fourth-order valence-corrected chi connectivity index (χ4v) is 4.97. The molecule has 2 aromatic rings. The SMILES string of the molecule is C=CC[C@@H]1CC(c2cccc(Cl)c2)C(c2ccc(Cl)cc2)N([C@@H](CC)C(=O)OCC)C1=O. The number of halogens is 2. The summed E-state index contributed by atoms with van der Waals surface area (Å²) in [6.07, 6.45) is 3.40. The molecular formula is C26H29Cl2NO3. The van der Waals surface area contributed by atoms with Gasteiger partial charge in [0.2, 0.25) is 5.91 Å². The van der Waals surface area contributed by atoms with E-state index < -0.39 is 6.04 Å². The third-order valence-corrected chi connectivity index (χ3v) is 6.53. The molecule has 2 aromatic carbocycles. The van der Waals surface area contributed by atoms with E-state index in [1.54, 1.807) is 17.9 Å². The first-order chi connectivity index (χ1) is 15.4. The summed E-state index contributed by atoms with van der Waals surface area (Å²) in [6.45, 7) is 7.78. The zero-order valence-corrected chi connectivity index (χ0v) is 20.0. The van der Waals surface area contributed by atoms with Crippen LogP contribution in [0.4, 0.5) is 0 Å². The first kappa shape index (κ1) is 24.3. The lowest BCUT2D eigenvalue weighted by molar-refractivity contribution is -0.162. The fraction of sp³-hybridized carbons (Fsp3) is 0.385. The monoisotopic (exact) mass is 473 g/mol. The molecule has 2 unspecified atom stereocenters. The van der Waals surface area contributed by atoms with Crippen molar-refractivity contribution in [3.8, 4) is 0 Å². The van der Waals surface area contributed by atoms with E-state index in [0.29, 0.717) is 29.3 Å². The third kappa shape index (κ3) is 5.19. The molecule has 0 N–H and O–H groups in total. The number of amides is 1. The number of esters is 1. The van der Waals surface area contributed by atoms with Gasteiger partial charge in [0.1, 0.15) is 6.04 Å². The maximum atomic E-state index is 13.7. The van der Waals surface area contributed by atoms with E-state index in [4.69, 9.17) is 27.9 Å². The van der Waals surface area contributed by atoms with Gasteiger partial charge in [-0.3, -0.25) is 4.79 Å². The molecule has 1 saturated heterocycles. The van der Waals surface area contributed by atoms with E-state index in [1.165, 1.54) is 0 Å². The van der Waals surface area contributed by atoms with Crippen LogP contribution in [0.3, 0.4) is 0 Å². The molecule has 1 heterocycles. The lowest BCUT2D eigenvalue weighted by Crippen LogP contribution is -2.54. The van der Waals surface area contributed by atoms with Gasteiger partial charge in [-0.25, -0.2) is 4.79 Å².